The number of amides is 1. The number of rotatable bonds is 7. The van der Waals surface area contributed by atoms with Crippen LogP contribution in [-0.2, 0) is 10.0 Å². The minimum Gasteiger partial charge on any atom is -0.344 e. The molecule has 0 radical (unpaired) electrons. The second-order valence-electron chi connectivity index (χ2n) is 6.51. The summed E-state index contributed by atoms with van der Waals surface area (Å²) in [5, 5.41) is 3.00. The van der Waals surface area contributed by atoms with Crippen molar-refractivity contribution >= 4 is 15.9 Å². The van der Waals surface area contributed by atoms with Crippen molar-refractivity contribution in [3.8, 4) is 0 Å². The van der Waals surface area contributed by atoms with E-state index in [1.807, 2.05) is 49.3 Å². The molecule has 0 aliphatic rings. The van der Waals surface area contributed by atoms with Crippen molar-refractivity contribution in [1.29, 1.82) is 0 Å². The van der Waals surface area contributed by atoms with E-state index in [0.29, 0.717) is 12.1 Å². The fraction of sp³-hybridized carbons (Fsp3) is 0.316. The second-order valence-corrected chi connectivity index (χ2v) is 8.67. The second kappa shape index (κ2) is 8.44. The Labute approximate surface area is 155 Å². The number of benzene rings is 2. The van der Waals surface area contributed by atoms with Crippen LogP contribution in [-0.4, -0.2) is 58.3 Å². The zero-order valence-corrected chi connectivity index (χ0v) is 16.3. The highest BCUT2D eigenvalue weighted by molar-refractivity contribution is 7.89. The highest BCUT2D eigenvalue weighted by atomic mass is 32.2. The molecule has 0 aliphatic carbocycles. The van der Waals surface area contributed by atoms with Crippen LogP contribution in [0.4, 0.5) is 0 Å². The van der Waals surface area contributed by atoms with Gasteiger partial charge < -0.3 is 10.2 Å². The average molecular weight is 375 g/mol. The number of nitrogens with zero attached hydrogens (tertiary/aromatic N) is 2. The van der Waals surface area contributed by atoms with Crippen LogP contribution in [0.1, 0.15) is 22.0 Å². The molecule has 0 heterocycles. The Bertz CT molecular complexity index is 849. The first-order valence-electron chi connectivity index (χ1n) is 8.25. The molecule has 0 aromatic heterocycles. The lowest BCUT2D eigenvalue weighted by Gasteiger charge is -2.23. The van der Waals surface area contributed by atoms with Gasteiger partial charge in [0.05, 0.1) is 10.9 Å². The summed E-state index contributed by atoms with van der Waals surface area (Å²) in [5.41, 5.74) is 1.30. The highest BCUT2D eigenvalue weighted by Gasteiger charge is 2.20. The quantitative estimate of drug-likeness (QED) is 0.803. The molecular formula is C19H25N3O3S. The van der Waals surface area contributed by atoms with Gasteiger partial charge >= 0.3 is 0 Å². The number of nitrogens with one attached hydrogen (secondary N) is 1. The Balaban J connectivity index is 2.27. The lowest BCUT2D eigenvalue weighted by molar-refractivity contribution is 0.0929. The zero-order chi connectivity index (χ0) is 19.3. The van der Waals surface area contributed by atoms with Crippen LogP contribution in [0.5, 0.6) is 0 Å². The predicted octanol–water partition coefficient (Wildman–Crippen LogP) is 1.97. The van der Waals surface area contributed by atoms with Crippen molar-refractivity contribution in [2.45, 2.75) is 10.9 Å². The molecular weight excluding hydrogens is 350 g/mol. The van der Waals surface area contributed by atoms with Crippen molar-refractivity contribution in [1.82, 2.24) is 14.5 Å². The molecule has 140 valence electrons. The number of sulfonamides is 1. The summed E-state index contributed by atoms with van der Waals surface area (Å²) < 4.78 is 25.7. The predicted molar refractivity (Wildman–Crippen MR) is 103 cm³/mol. The van der Waals surface area contributed by atoms with Gasteiger partial charge in [-0.1, -0.05) is 36.4 Å². The van der Waals surface area contributed by atoms with E-state index in [2.05, 4.69) is 5.32 Å². The van der Waals surface area contributed by atoms with Crippen LogP contribution in [0.15, 0.2) is 59.5 Å². The van der Waals surface area contributed by atoms with Crippen LogP contribution in [0, 0.1) is 0 Å². The fourth-order valence-electron chi connectivity index (χ4n) is 2.54. The van der Waals surface area contributed by atoms with Gasteiger partial charge in [0.15, 0.2) is 0 Å². The average Bonchev–Trinajstić information content (AvgIpc) is 2.61. The SMILES string of the molecule is CN(C)C[C@@H](NC(=O)c1cccc(S(=O)(=O)N(C)C)c1)c1ccccc1. The van der Waals surface area contributed by atoms with E-state index in [4.69, 9.17) is 0 Å². The van der Waals surface area contributed by atoms with Gasteiger partial charge in [0.25, 0.3) is 5.91 Å². The van der Waals surface area contributed by atoms with Crippen LogP contribution in [0.2, 0.25) is 0 Å². The standard InChI is InChI=1S/C19H25N3O3S/c1-21(2)14-18(15-9-6-5-7-10-15)20-19(23)16-11-8-12-17(13-16)26(24,25)22(3)4/h5-13,18H,14H2,1-4H3,(H,20,23)/t18-/m1/s1. The fourth-order valence-corrected chi connectivity index (χ4v) is 3.48. The third-order valence-corrected chi connectivity index (χ3v) is 5.74. The lowest BCUT2D eigenvalue weighted by Crippen LogP contribution is -2.35. The zero-order valence-electron chi connectivity index (χ0n) is 15.5. The van der Waals surface area contributed by atoms with E-state index in [1.54, 1.807) is 12.1 Å². The number of carbonyl (C=O) groups excluding carboxylic acids is 1. The molecule has 2 aromatic carbocycles. The molecule has 26 heavy (non-hydrogen) atoms. The van der Waals surface area contributed by atoms with E-state index in [1.165, 1.54) is 26.2 Å². The molecule has 6 nitrogen and oxygen atoms in total. The van der Waals surface area contributed by atoms with Gasteiger partial charge in [-0.05, 0) is 37.9 Å². The molecule has 7 heteroatoms. The van der Waals surface area contributed by atoms with E-state index >= 15 is 0 Å². The van der Waals surface area contributed by atoms with Gasteiger partial charge in [0.1, 0.15) is 0 Å². The number of carbonyl (C=O) groups is 1. The van der Waals surface area contributed by atoms with Crippen molar-refractivity contribution < 1.29 is 13.2 Å². The molecule has 1 N–H and O–H groups in total. The molecule has 1 amide bonds. The molecule has 0 spiro atoms. The summed E-state index contributed by atoms with van der Waals surface area (Å²) in [5.74, 6) is -0.309. The first kappa shape index (κ1) is 20.1. The minimum atomic E-state index is -3.59. The summed E-state index contributed by atoms with van der Waals surface area (Å²) in [4.78, 5) is 14.8. The van der Waals surface area contributed by atoms with Crippen molar-refractivity contribution in [3.05, 3.63) is 65.7 Å². The summed E-state index contributed by atoms with van der Waals surface area (Å²) >= 11 is 0. The maximum atomic E-state index is 12.7. The molecule has 0 unspecified atom stereocenters. The molecule has 1 atom stereocenters. The summed E-state index contributed by atoms with van der Waals surface area (Å²) in [6.45, 7) is 0.630. The molecule has 0 saturated heterocycles. The van der Waals surface area contributed by atoms with Gasteiger partial charge in [-0.3, -0.25) is 4.79 Å². The Morgan fingerprint density at radius 2 is 1.65 bits per heavy atom. The number of hydrogen-bond acceptors (Lipinski definition) is 4. The summed E-state index contributed by atoms with van der Waals surface area (Å²) in [6.07, 6.45) is 0. The molecule has 2 aromatic rings. The maximum absolute atomic E-state index is 12.7. The topological polar surface area (TPSA) is 69.7 Å². The Kier molecular flexibility index (Phi) is 6.52. The third-order valence-electron chi connectivity index (χ3n) is 3.93. The van der Waals surface area contributed by atoms with Gasteiger partial charge in [-0.15, -0.1) is 0 Å². The Hall–Kier alpha value is -2.22. The summed E-state index contributed by atoms with van der Waals surface area (Å²) in [7, 11) is 3.21. The number of likely N-dealkylation sites (N-methyl/N-ethyl adjacent to an activating group) is 1. The van der Waals surface area contributed by atoms with Gasteiger partial charge in [0, 0.05) is 26.2 Å². The van der Waals surface area contributed by atoms with Crippen LogP contribution < -0.4 is 5.32 Å². The minimum absolute atomic E-state index is 0.0963. The maximum Gasteiger partial charge on any atom is 0.251 e. The molecule has 2 rings (SSSR count). The molecule has 0 fully saturated rings. The van der Waals surface area contributed by atoms with Gasteiger partial charge in [-0.25, -0.2) is 12.7 Å². The lowest BCUT2D eigenvalue weighted by atomic mass is 10.1. The Morgan fingerprint density at radius 1 is 1.00 bits per heavy atom. The molecule has 0 saturated carbocycles. The van der Waals surface area contributed by atoms with Gasteiger partial charge in [0.2, 0.25) is 10.0 Å². The molecule has 0 aliphatic heterocycles. The largest absolute Gasteiger partial charge is 0.344 e. The summed E-state index contributed by atoms with van der Waals surface area (Å²) in [6, 6.07) is 15.6. The number of hydrogen-bond donors (Lipinski definition) is 1. The smallest absolute Gasteiger partial charge is 0.251 e. The molecule has 0 bridgehead atoms. The monoisotopic (exact) mass is 375 g/mol. The third kappa shape index (κ3) is 4.91. The van der Waals surface area contributed by atoms with E-state index in [9.17, 15) is 13.2 Å². The van der Waals surface area contributed by atoms with Crippen molar-refractivity contribution in [2.75, 3.05) is 34.7 Å². The van der Waals surface area contributed by atoms with Gasteiger partial charge in [-0.2, -0.15) is 0 Å². The van der Waals surface area contributed by atoms with E-state index in [0.717, 1.165) is 9.87 Å². The van der Waals surface area contributed by atoms with E-state index < -0.39 is 10.0 Å². The van der Waals surface area contributed by atoms with E-state index in [-0.39, 0.29) is 16.8 Å². The first-order valence-corrected chi connectivity index (χ1v) is 9.69. The van der Waals surface area contributed by atoms with Crippen LogP contribution >= 0.6 is 0 Å². The van der Waals surface area contributed by atoms with Crippen LogP contribution in [0.25, 0.3) is 0 Å². The van der Waals surface area contributed by atoms with Crippen LogP contribution in [0.3, 0.4) is 0 Å². The highest BCUT2D eigenvalue weighted by Crippen LogP contribution is 2.17. The Morgan fingerprint density at radius 3 is 2.23 bits per heavy atom. The van der Waals surface area contributed by atoms with Crippen molar-refractivity contribution in [3.63, 3.8) is 0 Å². The van der Waals surface area contributed by atoms with Crippen molar-refractivity contribution in [2.24, 2.45) is 0 Å². The first-order chi connectivity index (χ1) is 12.2. The normalized spacial score (nSPS) is 13.0.